The number of aryl methyl sites for hydroxylation is 1. The molecule has 2 aliphatic heterocycles. The van der Waals surface area contributed by atoms with Gasteiger partial charge in [-0.3, -0.25) is 0 Å². The molecule has 7 nitrogen and oxygen atoms in total. The molecule has 4 rings (SSSR count). The summed E-state index contributed by atoms with van der Waals surface area (Å²) in [4.78, 5) is 13.3. The Kier molecular flexibility index (Phi) is 4.02. The van der Waals surface area contributed by atoms with Gasteiger partial charge in [0.15, 0.2) is 5.82 Å². The highest BCUT2D eigenvalue weighted by atomic mass is 16.5. The number of hydrogen-bond acceptors (Lipinski definition) is 7. The van der Waals surface area contributed by atoms with Gasteiger partial charge in [-0.1, -0.05) is 0 Å². The average Bonchev–Trinajstić information content (AvgIpc) is 2.63. The van der Waals surface area contributed by atoms with Crippen molar-refractivity contribution in [1.29, 1.82) is 0 Å². The zero-order chi connectivity index (χ0) is 16.4. The van der Waals surface area contributed by atoms with Crippen molar-refractivity contribution in [3.8, 4) is 0 Å². The normalized spacial score (nSPS) is 24.4. The maximum atomic E-state index is 6.25. The zero-order valence-electron chi connectivity index (χ0n) is 13.9. The van der Waals surface area contributed by atoms with Gasteiger partial charge in [-0.05, 0) is 38.0 Å². The van der Waals surface area contributed by atoms with E-state index in [9.17, 15) is 0 Å². The lowest BCUT2D eigenvalue weighted by atomic mass is 9.90. The lowest BCUT2D eigenvalue weighted by molar-refractivity contribution is -0.0634. The van der Waals surface area contributed by atoms with Crippen molar-refractivity contribution in [3.05, 3.63) is 36.3 Å². The Hall–Kier alpha value is -2.28. The van der Waals surface area contributed by atoms with Gasteiger partial charge in [0.1, 0.15) is 5.60 Å². The molecule has 0 aromatic carbocycles. The number of morpholine rings is 1. The van der Waals surface area contributed by atoms with E-state index in [4.69, 9.17) is 4.74 Å². The van der Waals surface area contributed by atoms with Gasteiger partial charge < -0.3 is 14.5 Å². The third-order valence-electron chi connectivity index (χ3n) is 4.73. The van der Waals surface area contributed by atoms with Gasteiger partial charge in [-0.2, -0.15) is 5.10 Å². The SMILES string of the molecule is Cc1ccc(N2CCC[C@]3(C2)CN(c2ncccn2)CCO3)nn1. The van der Waals surface area contributed by atoms with E-state index in [0.29, 0.717) is 6.61 Å². The molecule has 2 aromatic heterocycles. The van der Waals surface area contributed by atoms with Crippen molar-refractivity contribution in [2.45, 2.75) is 25.4 Å². The summed E-state index contributed by atoms with van der Waals surface area (Å²) >= 11 is 0. The first kappa shape index (κ1) is 15.3. The van der Waals surface area contributed by atoms with Crippen LogP contribution in [0.15, 0.2) is 30.6 Å². The summed E-state index contributed by atoms with van der Waals surface area (Å²) in [6.45, 7) is 6.11. The van der Waals surface area contributed by atoms with E-state index in [-0.39, 0.29) is 5.60 Å². The summed E-state index contributed by atoms with van der Waals surface area (Å²) < 4.78 is 6.25. The molecule has 7 heteroatoms. The summed E-state index contributed by atoms with van der Waals surface area (Å²) in [5.74, 6) is 1.71. The lowest BCUT2D eigenvalue weighted by Crippen LogP contribution is -2.60. The molecule has 24 heavy (non-hydrogen) atoms. The highest BCUT2D eigenvalue weighted by Gasteiger charge is 2.41. The molecule has 0 saturated carbocycles. The molecule has 2 fully saturated rings. The van der Waals surface area contributed by atoms with Crippen LogP contribution in [-0.4, -0.2) is 58.6 Å². The molecule has 0 unspecified atom stereocenters. The Balaban J connectivity index is 1.52. The third-order valence-corrected chi connectivity index (χ3v) is 4.73. The summed E-state index contributed by atoms with van der Waals surface area (Å²) in [6.07, 6.45) is 5.71. The minimum Gasteiger partial charge on any atom is -0.369 e. The van der Waals surface area contributed by atoms with E-state index in [1.54, 1.807) is 12.4 Å². The van der Waals surface area contributed by atoms with Crippen LogP contribution in [0.4, 0.5) is 11.8 Å². The molecular formula is C17H22N6O. The van der Waals surface area contributed by atoms with Crippen molar-refractivity contribution < 1.29 is 4.74 Å². The molecule has 126 valence electrons. The molecule has 0 radical (unpaired) electrons. The third kappa shape index (κ3) is 3.03. The number of aromatic nitrogens is 4. The van der Waals surface area contributed by atoms with Crippen LogP contribution >= 0.6 is 0 Å². The molecule has 1 spiro atoms. The van der Waals surface area contributed by atoms with Crippen LogP contribution in [0.2, 0.25) is 0 Å². The van der Waals surface area contributed by atoms with E-state index < -0.39 is 0 Å². The van der Waals surface area contributed by atoms with Crippen molar-refractivity contribution >= 4 is 11.8 Å². The highest BCUT2D eigenvalue weighted by Crippen LogP contribution is 2.31. The maximum Gasteiger partial charge on any atom is 0.225 e. The molecule has 2 saturated heterocycles. The Morgan fingerprint density at radius 3 is 2.67 bits per heavy atom. The fraction of sp³-hybridized carbons (Fsp3) is 0.529. The van der Waals surface area contributed by atoms with E-state index in [2.05, 4.69) is 30.0 Å². The minimum absolute atomic E-state index is 0.192. The standard InChI is InChI=1S/C17H22N6O/c1-14-4-5-15(21-20-14)22-9-2-6-17(12-22)13-23(10-11-24-17)16-18-7-3-8-19-16/h3-5,7-8H,2,6,9-13H2,1H3/t17-/m0/s1. The van der Waals surface area contributed by atoms with Crippen LogP contribution < -0.4 is 9.80 Å². The van der Waals surface area contributed by atoms with Crippen LogP contribution in [0, 0.1) is 6.92 Å². The van der Waals surface area contributed by atoms with Crippen molar-refractivity contribution in [2.75, 3.05) is 42.6 Å². The molecule has 1 atom stereocenters. The zero-order valence-corrected chi connectivity index (χ0v) is 13.9. The molecular weight excluding hydrogens is 304 g/mol. The molecule has 0 bridgehead atoms. The smallest absolute Gasteiger partial charge is 0.225 e. The first-order valence-corrected chi connectivity index (χ1v) is 8.45. The van der Waals surface area contributed by atoms with E-state index in [1.165, 1.54) is 0 Å². The Morgan fingerprint density at radius 1 is 1.04 bits per heavy atom. The predicted molar refractivity (Wildman–Crippen MR) is 91.1 cm³/mol. The van der Waals surface area contributed by atoms with E-state index in [1.807, 2.05) is 25.1 Å². The van der Waals surface area contributed by atoms with Gasteiger partial charge in [-0.25, -0.2) is 9.97 Å². The summed E-state index contributed by atoms with van der Waals surface area (Å²) in [7, 11) is 0. The van der Waals surface area contributed by atoms with Crippen LogP contribution in [0.5, 0.6) is 0 Å². The fourth-order valence-corrected chi connectivity index (χ4v) is 3.57. The van der Waals surface area contributed by atoms with Crippen molar-refractivity contribution in [2.24, 2.45) is 0 Å². The van der Waals surface area contributed by atoms with Crippen molar-refractivity contribution in [1.82, 2.24) is 20.2 Å². The first-order chi connectivity index (χ1) is 11.7. The van der Waals surface area contributed by atoms with Gasteiger partial charge in [0, 0.05) is 25.5 Å². The maximum absolute atomic E-state index is 6.25. The summed E-state index contributed by atoms with van der Waals surface area (Å²) in [5, 5.41) is 8.53. The van der Waals surface area contributed by atoms with Crippen molar-refractivity contribution in [3.63, 3.8) is 0 Å². The fourth-order valence-electron chi connectivity index (χ4n) is 3.57. The monoisotopic (exact) mass is 326 g/mol. The molecule has 2 aromatic rings. The van der Waals surface area contributed by atoms with Gasteiger partial charge in [0.2, 0.25) is 5.95 Å². The Morgan fingerprint density at radius 2 is 1.88 bits per heavy atom. The van der Waals surface area contributed by atoms with Crippen LogP contribution in [-0.2, 0) is 4.74 Å². The highest BCUT2D eigenvalue weighted by molar-refractivity contribution is 5.40. The number of anilines is 2. The number of piperidine rings is 1. The molecule has 0 amide bonds. The van der Waals surface area contributed by atoms with E-state index in [0.717, 1.165) is 56.5 Å². The number of hydrogen-bond donors (Lipinski definition) is 0. The van der Waals surface area contributed by atoms with Gasteiger partial charge >= 0.3 is 0 Å². The summed E-state index contributed by atoms with van der Waals surface area (Å²) in [5.41, 5.74) is 0.745. The van der Waals surface area contributed by atoms with Gasteiger partial charge in [0.25, 0.3) is 0 Å². The minimum atomic E-state index is -0.192. The van der Waals surface area contributed by atoms with E-state index >= 15 is 0 Å². The second kappa shape index (κ2) is 6.32. The summed E-state index contributed by atoms with van der Waals surface area (Å²) in [6, 6.07) is 5.90. The molecule has 4 heterocycles. The Labute approximate surface area is 141 Å². The van der Waals surface area contributed by atoms with Crippen LogP contribution in [0.3, 0.4) is 0 Å². The topological polar surface area (TPSA) is 67.3 Å². The number of rotatable bonds is 2. The molecule has 0 N–H and O–H groups in total. The second-order valence-electron chi connectivity index (χ2n) is 6.56. The number of ether oxygens (including phenoxy) is 1. The average molecular weight is 326 g/mol. The first-order valence-electron chi connectivity index (χ1n) is 8.45. The molecule has 0 aliphatic carbocycles. The number of nitrogens with zero attached hydrogens (tertiary/aromatic N) is 6. The van der Waals surface area contributed by atoms with Crippen LogP contribution in [0.1, 0.15) is 18.5 Å². The Bertz CT molecular complexity index is 675. The quantitative estimate of drug-likeness (QED) is 0.827. The largest absolute Gasteiger partial charge is 0.369 e. The van der Waals surface area contributed by atoms with Gasteiger partial charge in [0.05, 0.1) is 25.4 Å². The van der Waals surface area contributed by atoms with Gasteiger partial charge in [-0.15, -0.1) is 5.10 Å². The molecule has 2 aliphatic rings. The predicted octanol–water partition coefficient (Wildman–Crippen LogP) is 1.45. The lowest BCUT2D eigenvalue weighted by Gasteiger charge is -2.48. The van der Waals surface area contributed by atoms with Crippen LogP contribution in [0.25, 0.3) is 0 Å². The second-order valence-corrected chi connectivity index (χ2v) is 6.56.